The normalized spacial score (nSPS) is 10.3. The molecule has 0 aliphatic carbocycles. The number of hydrogen-bond acceptors (Lipinski definition) is 4. The topological polar surface area (TPSA) is 57.4 Å². The van der Waals surface area contributed by atoms with Gasteiger partial charge in [-0.05, 0) is 55.6 Å². The van der Waals surface area contributed by atoms with E-state index in [9.17, 15) is 0 Å². The molecule has 0 spiro atoms. The SMILES string of the molecule is COc1cc(Br)c(Oc2cncc(CN)c2)cc1Br. The maximum absolute atomic E-state index is 5.78. The van der Waals surface area contributed by atoms with Crippen molar-refractivity contribution in [3.8, 4) is 17.2 Å². The zero-order valence-electron chi connectivity index (χ0n) is 10.2. The zero-order valence-corrected chi connectivity index (χ0v) is 13.4. The van der Waals surface area contributed by atoms with Gasteiger partial charge in [0.1, 0.15) is 17.2 Å². The van der Waals surface area contributed by atoms with Crippen LogP contribution in [0, 0.1) is 0 Å². The fraction of sp³-hybridized carbons (Fsp3) is 0.154. The van der Waals surface area contributed by atoms with Gasteiger partial charge in [-0.15, -0.1) is 0 Å². The van der Waals surface area contributed by atoms with Crippen molar-refractivity contribution in [1.29, 1.82) is 0 Å². The van der Waals surface area contributed by atoms with E-state index in [1.807, 2.05) is 18.2 Å². The van der Waals surface area contributed by atoms with Gasteiger partial charge in [-0.1, -0.05) is 0 Å². The Kier molecular flexibility index (Phi) is 4.79. The molecule has 100 valence electrons. The Morgan fingerprint density at radius 2 is 1.79 bits per heavy atom. The highest BCUT2D eigenvalue weighted by molar-refractivity contribution is 9.11. The van der Waals surface area contributed by atoms with Gasteiger partial charge in [0.2, 0.25) is 0 Å². The predicted molar refractivity (Wildman–Crippen MR) is 80.6 cm³/mol. The van der Waals surface area contributed by atoms with Crippen LogP contribution in [0.15, 0.2) is 39.5 Å². The van der Waals surface area contributed by atoms with E-state index in [0.717, 1.165) is 20.3 Å². The molecule has 1 heterocycles. The van der Waals surface area contributed by atoms with Gasteiger partial charge in [-0.25, -0.2) is 0 Å². The van der Waals surface area contributed by atoms with E-state index in [-0.39, 0.29) is 0 Å². The fourth-order valence-electron chi connectivity index (χ4n) is 1.50. The van der Waals surface area contributed by atoms with Gasteiger partial charge in [0.05, 0.1) is 22.3 Å². The summed E-state index contributed by atoms with van der Waals surface area (Å²) in [5, 5.41) is 0. The summed E-state index contributed by atoms with van der Waals surface area (Å²) in [7, 11) is 1.61. The molecule has 0 radical (unpaired) electrons. The molecule has 0 unspecified atom stereocenters. The van der Waals surface area contributed by atoms with E-state index in [0.29, 0.717) is 18.0 Å². The average molecular weight is 388 g/mol. The van der Waals surface area contributed by atoms with Gasteiger partial charge in [0.25, 0.3) is 0 Å². The minimum absolute atomic E-state index is 0.428. The second-order valence-electron chi connectivity index (χ2n) is 3.75. The van der Waals surface area contributed by atoms with Crippen LogP contribution in [-0.2, 0) is 6.54 Å². The zero-order chi connectivity index (χ0) is 13.8. The Hall–Kier alpha value is -1.11. The fourth-order valence-corrected chi connectivity index (χ4v) is 2.39. The lowest BCUT2D eigenvalue weighted by Crippen LogP contribution is -1.97. The van der Waals surface area contributed by atoms with Gasteiger partial charge < -0.3 is 15.2 Å². The van der Waals surface area contributed by atoms with Gasteiger partial charge in [0.15, 0.2) is 0 Å². The van der Waals surface area contributed by atoms with Crippen molar-refractivity contribution in [3.05, 3.63) is 45.1 Å². The standard InChI is InChI=1S/C13H12Br2N2O2/c1-18-12-3-11(15)13(4-10(12)14)19-9-2-8(5-16)6-17-7-9/h2-4,6-7H,5,16H2,1H3. The highest BCUT2D eigenvalue weighted by Crippen LogP contribution is 2.38. The predicted octanol–water partition coefficient (Wildman–Crippen LogP) is 3.87. The lowest BCUT2D eigenvalue weighted by Gasteiger charge is -2.11. The quantitative estimate of drug-likeness (QED) is 0.865. The lowest BCUT2D eigenvalue weighted by atomic mass is 10.3. The van der Waals surface area contributed by atoms with Gasteiger partial charge >= 0.3 is 0 Å². The van der Waals surface area contributed by atoms with Crippen LogP contribution in [0.4, 0.5) is 0 Å². The summed E-state index contributed by atoms with van der Waals surface area (Å²) in [6.45, 7) is 0.428. The molecule has 0 saturated heterocycles. The second kappa shape index (κ2) is 6.36. The number of pyridine rings is 1. The minimum atomic E-state index is 0.428. The number of halogens is 2. The Labute approximate surface area is 128 Å². The monoisotopic (exact) mass is 386 g/mol. The van der Waals surface area contributed by atoms with Crippen LogP contribution in [0.1, 0.15) is 5.56 Å². The van der Waals surface area contributed by atoms with Crippen LogP contribution < -0.4 is 15.2 Å². The van der Waals surface area contributed by atoms with Crippen LogP contribution in [0.5, 0.6) is 17.2 Å². The highest BCUT2D eigenvalue weighted by Gasteiger charge is 2.09. The lowest BCUT2D eigenvalue weighted by molar-refractivity contribution is 0.409. The van der Waals surface area contributed by atoms with Gasteiger partial charge in [-0.3, -0.25) is 4.98 Å². The molecular weight excluding hydrogens is 376 g/mol. The molecule has 0 atom stereocenters. The van der Waals surface area contributed by atoms with E-state index in [2.05, 4.69) is 36.8 Å². The van der Waals surface area contributed by atoms with Crippen LogP contribution >= 0.6 is 31.9 Å². The van der Waals surface area contributed by atoms with Gasteiger partial charge in [0, 0.05) is 12.7 Å². The van der Waals surface area contributed by atoms with Crippen molar-refractivity contribution in [3.63, 3.8) is 0 Å². The summed E-state index contributed by atoms with van der Waals surface area (Å²) in [6.07, 6.45) is 3.36. The van der Waals surface area contributed by atoms with Crippen molar-refractivity contribution < 1.29 is 9.47 Å². The molecule has 2 N–H and O–H groups in total. The summed E-state index contributed by atoms with van der Waals surface area (Å²) < 4.78 is 12.6. The molecule has 0 fully saturated rings. The number of nitrogens with zero attached hydrogens (tertiary/aromatic N) is 1. The first-order chi connectivity index (χ1) is 9.13. The number of benzene rings is 1. The number of nitrogens with two attached hydrogens (primary N) is 1. The van der Waals surface area contributed by atoms with E-state index in [4.69, 9.17) is 15.2 Å². The summed E-state index contributed by atoms with van der Waals surface area (Å²) in [5.41, 5.74) is 6.49. The molecule has 0 aliphatic heterocycles. The van der Waals surface area contributed by atoms with E-state index >= 15 is 0 Å². The Balaban J connectivity index is 2.30. The molecule has 19 heavy (non-hydrogen) atoms. The summed E-state index contributed by atoms with van der Waals surface area (Å²) >= 11 is 6.87. The van der Waals surface area contributed by atoms with Crippen molar-refractivity contribution in [2.24, 2.45) is 5.73 Å². The minimum Gasteiger partial charge on any atom is -0.496 e. The number of ether oxygens (including phenoxy) is 2. The number of rotatable bonds is 4. The van der Waals surface area contributed by atoms with Crippen LogP contribution in [-0.4, -0.2) is 12.1 Å². The van der Waals surface area contributed by atoms with Crippen molar-refractivity contribution >= 4 is 31.9 Å². The van der Waals surface area contributed by atoms with Crippen molar-refractivity contribution in [2.75, 3.05) is 7.11 Å². The molecule has 1 aromatic carbocycles. The van der Waals surface area contributed by atoms with Crippen LogP contribution in [0.25, 0.3) is 0 Å². The maximum atomic E-state index is 5.78. The third-order valence-electron chi connectivity index (χ3n) is 2.44. The first kappa shape index (κ1) is 14.3. The molecule has 4 nitrogen and oxygen atoms in total. The maximum Gasteiger partial charge on any atom is 0.146 e. The first-order valence-electron chi connectivity index (χ1n) is 5.49. The molecule has 0 amide bonds. The number of aromatic nitrogens is 1. The van der Waals surface area contributed by atoms with Gasteiger partial charge in [-0.2, -0.15) is 0 Å². The summed E-state index contributed by atoms with van der Waals surface area (Å²) in [4.78, 5) is 4.08. The second-order valence-corrected chi connectivity index (χ2v) is 5.46. The van der Waals surface area contributed by atoms with E-state index in [1.165, 1.54) is 0 Å². The molecule has 6 heteroatoms. The van der Waals surface area contributed by atoms with E-state index in [1.54, 1.807) is 19.5 Å². The molecule has 0 aliphatic rings. The van der Waals surface area contributed by atoms with Crippen molar-refractivity contribution in [1.82, 2.24) is 4.98 Å². The first-order valence-corrected chi connectivity index (χ1v) is 7.07. The molecule has 1 aromatic heterocycles. The molecule has 0 bridgehead atoms. The largest absolute Gasteiger partial charge is 0.496 e. The Morgan fingerprint density at radius 3 is 2.47 bits per heavy atom. The summed E-state index contributed by atoms with van der Waals surface area (Å²) in [5.74, 6) is 2.04. The smallest absolute Gasteiger partial charge is 0.146 e. The molecule has 2 rings (SSSR count). The molecule has 2 aromatic rings. The average Bonchev–Trinajstić information content (AvgIpc) is 2.42. The third kappa shape index (κ3) is 3.46. The van der Waals surface area contributed by atoms with Crippen molar-refractivity contribution in [2.45, 2.75) is 6.54 Å². The highest BCUT2D eigenvalue weighted by atomic mass is 79.9. The summed E-state index contributed by atoms with van der Waals surface area (Å²) in [6, 6.07) is 5.52. The number of hydrogen-bond donors (Lipinski definition) is 1. The van der Waals surface area contributed by atoms with Crippen LogP contribution in [0.3, 0.4) is 0 Å². The molecule has 0 saturated carbocycles. The third-order valence-corrected chi connectivity index (χ3v) is 3.68. The molecular formula is C13H12Br2N2O2. The number of methoxy groups -OCH3 is 1. The van der Waals surface area contributed by atoms with E-state index < -0.39 is 0 Å². The Morgan fingerprint density at radius 1 is 1.11 bits per heavy atom. The van der Waals surface area contributed by atoms with Crippen LogP contribution in [0.2, 0.25) is 0 Å². The Bertz CT molecular complexity index is 591.